The van der Waals surface area contributed by atoms with E-state index in [4.69, 9.17) is 5.26 Å². The summed E-state index contributed by atoms with van der Waals surface area (Å²) in [6, 6.07) is 8.21. The smallest absolute Gasteiger partial charge is 0.337 e. The summed E-state index contributed by atoms with van der Waals surface area (Å²) in [6.45, 7) is -0.273. The molecule has 0 aliphatic carbocycles. The summed E-state index contributed by atoms with van der Waals surface area (Å²) < 4.78 is 9.09. The van der Waals surface area contributed by atoms with Crippen molar-refractivity contribution in [3.8, 4) is 6.07 Å². The lowest BCUT2D eigenvalue weighted by molar-refractivity contribution is -0.136. The normalized spacial score (nSPS) is 9.78. The molecule has 0 spiro atoms. The first-order valence-corrected chi connectivity index (χ1v) is 5.07. The molecule has 0 radical (unpaired) electrons. The lowest BCUT2D eigenvalue weighted by Gasteiger charge is -1.99. The molecule has 0 aliphatic rings. The van der Waals surface area contributed by atoms with Crippen molar-refractivity contribution in [2.24, 2.45) is 0 Å². The molecule has 0 saturated carbocycles. The number of methoxy groups -OCH3 is 1. The zero-order valence-electron chi connectivity index (χ0n) is 9.75. The SMILES string of the molecule is COC(=O)c1ccc(C=CC(=O)OCC#N)cc1. The van der Waals surface area contributed by atoms with Crippen LogP contribution in [-0.4, -0.2) is 25.7 Å². The topological polar surface area (TPSA) is 76.4 Å². The number of hydrogen-bond donors (Lipinski definition) is 0. The second-order valence-corrected chi connectivity index (χ2v) is 3.21. The third kappa shape index (κ3) is 4.10. The van der Waals surface area contributed by atoms with E-state index in [1.165, 1.54) is 19.3 Å². The maximum absolute atomic E-state index is 11.2. The molecular formula is C13H11NO4. The predicted octanol–water partition coefficient (Wildman–Crippen LogP) is 1.55. The van der Waals surface area contributed by atoms with Gasteiger partial charge in [-0.2, -0.15) is 5.26 Å². The van der Waals surface area contributed by atoms with Crippen LogP contribution in [0, 0.1) is 11.3 Å². The summed E-state index contributed by atoms with van der Waals surface area (Å²) in [6.07, 6.45) is 2.74. The summed E-state index contributed by atoms with van der Waals surface area (Å²) in [4.78, 5) is 22.2. The lowest BCUT2D eigenvalue weighted by Crippen LogP contribution is -2.01. The summed E-state index contributed by atoms with van der Waals surface area (Å²) in [7, 11) is 1.31. The largest absolute Gasteiger partial charge is 0.465 e. The van der Waals surface area contributed by atoms with E-state index in [2.05, 4.69) is 9.47 Å². The fourth-order valence-corrected chi connectivity index (χ4v) is 1.16. The van der Waals surface area contributed by atoms with Crippen LogP contribution >= 0.6 is 0 Å². The van der Waals surface area contributed by atoms with Gasteiger partial charge in [-0.25, -0.2) is 9.59 Å². The Bertz CT molecular complexity index is 497. The van der Waals surface area contributed by atoms with Crippen LogP contribution < -0.4 is 0 Å². The van der Waals surface area contributed by atoms with Crippen molar-refractivity contribution in [2.75, 3.05) is 13.7 Å². The number of carbonyl (C=O) groups excluding carboxylic acids is 2. The van der Waals surface area contributed by atoms with Crippen molar-refractivity contribution in [1.29, 1.82) is 5.26 Å². The highest BCUT2D eigenvalue weighted by Crippen LogP contribution is 2.07. The number of rotatable bonds is 4. The molecule has 5 heteroatoms. The summed E-state index contributed by atoms with van der Waals surface area (Å²) in [5.41, 5.74) is 1.17. The molecule has 0 aliphatic heterocycles. The fraction of sp³-hybridized carbons (Fsp3) is 0.154. The number of ether oxygens (including phenoxy) is 2. The van der Waals surface area contributed by atoms with Gasteiger partial charge in [-0.1, -0.05) is 12.1 Å². The highest BCUT2D eigenvalue weighted by Gasteiger charge is 2.03. The Kier molecular flexibility index (Phi) is 5.13. The van der Waals surface area contributed by atoms with Gasteiger partial charge in [-0.15, -0.1) is 0 Å². The zero-order chi connectivity index (χ0) is 13.4. The van der Waals surface area contributed by atoms with Crippen LogP contribution in [0.4, 0.5) is 0 Å². The van der Waals surface area contributed by atoms with Gasteiger partial charge in [0.1, 0.15) is 6.07 Å². The van der Waals surface area contributed by atoms with Gasteiger partial charge in [-0.3, -0.25) is 0 Å². The maximum atomic E-state index is 11.2. The number of benzene rings is 1. The molecule has 0 atom stereocenters. The van der Waals surface area contributed by atoms with E-state index >= 15 is 0 Å². The molecule has 0 N–H and O–H groups in total. The Morgan fingerprint density at radius 3 is 2.56 bits per heavy atom. The molecule has 0 saturated heterocycles. The summed E-state index contributed by atoms with van der Waals surface area (Å²) >= 11 is 0. The first-order valence-electron chi connectivity index (χ1n) is 5.07. The van der Waals surface area contributed by atoms with E-state index in [1.54, 1.807) is 30.3 Å². The average Bonchev–Trinajstić information content (AvgIpc) is 2.42. The van der Waals surface area contributed by atoms with Gasteiger partial charge < -0.3 is 9.47 Å². The van der Waals surface area contributed by atoms with Crippen LogP contribution in [0.3, 0.4) is 0 Å². The van der Waals surface area contributed by atoms with Crippen molar-refractivity contribution in [2.45, 2.75) is 0 Å². The van der Waals surface area contributed by atoms with E-state index in [0.29, 0.717) is 5.56 Å². The molecule has 0 heterocycles. The number of esters is 2. The second kappa shape index (κ2) is 6.86. The minimum atomic E-state index is -0.589. The molecule has 0 unspecified atom stereocenters. The van der Waals surface area contributed by atoms with Crippen LogP contribution in [0.2, 0.25) is 0 Å². The molecule has 0 bridgehead atoms. The second-order valence-electron chi connectivity index (χ2n) is 3.21. The van der Waals surface area contributed by atoms with Crippen molar-refractivity contribution in [3.05, 3.63) is 41.5 Å². The monoisotopic (exact) mass is 245 g/mol. The van der Waals surface area contributed by atoms with Gasteiger partial charge in [0, 0.05) is 6.08 Å². The van der Waals surface area contributed by atoms with Crippen LogP contribution in [0.1, 0.15) is 15.9 Å². The van der Waals surface area contributed by atoms with Crippen LogP contribution in [0.15, 0.2) is 30.3 Å². The van der Waals surface area contributed by atoms with Gasteiger partial charge in [0.15, 0.2) is 6.61 Å². The number of nitrogens with zero attached hydrogens (tertiary/aromatic N) is 1. The van der Waals surface area contributed by atoms with E-state index in [9.17, 15) is 9.59 Å². The maximum Gasteiger partial charge on any atom is 0.337 e. The van der Waals surface area contributed by atoms with Gasteiger partial charge >= 0.3 is 11.9 Å². The molecule has 1 aromatic rings. The highest BCUT2D eigenvalue weighted by molar-refractivity contribution is 5.90. The minimum absolute atomic E-state index is 0.273. The molecular weight excluding hydrogens is 234 g/mol. The first-order chi connectivity index (χ1) is 8.67. The fourth-order valence-electron chi connectivity index (χ4n) is 1.16. The molecule has 18 heavy (non-hydrogen) atoms. The average molecular weight is 245 g/mol. The van der Waals surface area contributed by atoms with Gasteiger partial charge in [0.2, 0.25) is 0 Å². The number of hydrogen-bond acceptors (Lipinski definition) is 5. The number of carbonyl (C=O) groups is 2. The van der Waals surface area contributed by atoms with E-state index in [1.807, 2.05) is 0 Å². The van der Waals surface area contributed by atoms with E-state index < -0.39 is 11.9 Å². The van der Waals surface area contributed by atoms with Crippen molar-refractivity contribution in [3.63, 3.8) is 0 Å². The van der Waals surface area contributed by atoms with E-state index in [-0.39, 0.29) is 6.61 Å². The Hall–Kier alpha value is -2.61. The van der Waals surface area contributed by atoms with Crippen molar-refractivity contribution < 1.29 is 19.1 Å². The van der Waals surface area contributed by atoms with E-state index in [0.717, 1.165) is 5.56 Å². The van der Waals surface area contributed by atoms with Gasteiger partial charge in [0.05, 0.1) is 12.7 Å². The highest BCUT2D eigenvalue weighted by atomic mass is 16.5. The molecule has 92 valence electrons. The van der Waals surface area contributed by atoms with Gasteiger partial charge in [0.25, 0.3) is 0 Å². The molecule has 1 aromatic carbocycles. The third-order valence-corrected chi connectivity index (χ3v) is 2.02. The molecule has 0 aromatic heterocycles. The molecule has 0 fully saturated rings. The van der Waals surface area contributed by atoms with Crippen LogP contribution in [0.5, 0.6) is 0 Å². The van der Waals surface area contributed by atoms with Crippen LogP contribution in [0.25, 0.3) is 6.08 Å². The summed E-state index contributed by atoms with van der Waals surface area (Å²) in [5.74, 6) is -1.01. The van der Waals surface area contributed by atoms with Crippen molar-refractivity contribution >= 4 is 18.0 Å². The van der Waals surface area contributed by atoms with Gasteiger partial charge in [-0.05, 0) is 23.8 Å². The third-order valence-electron chi connectivity index (χ3n) is 2.02. The predicted molar refractivity (Wildman–Crippen MR) is 63.4 cm³/mol. The molecule has 0 amide bonds. The lowest BCUT2D eigenvalue weighted by atomic mass is 10.1. The Morgan fingerprint density at radius 2 is 2.00 bits per heavy atom. The quantitative estimate of drug-likeness (QED) is 0.594. The zero-order valence-corrected chi connectivity index (χ0v) is 9.75. The minimum Gasteiger partial charge on any atom is -0.465 e. The molecule has 5 nitrogen and oxygen atoms in total. The molecule has 1 rings (SSSR count). The van der Waals surface area contributed by atoms with Crippen LogP contribution in [-0.2, 0) is 14.3 Å². The standard InChI is InChI=1S/C13H11NO4/c1-17-13(16)11-5-2-10(3-6-11)4-7-12(15)18-9-8-14/h2-7H,9H2,1H3. The van der Waals surface area contributed by atoms with Crippen molar-refractivity contribution in [1.82, 2.24) is 0 Å². The first kappa shape index (κ1) is 13.5. The Morgan fingerprint density at radius 1 is 1.33 bits per heavy atom. The Balaban J connectivity index is 2.64. The Labute approximate surface area is 104 Å². The number of nitriles is 1. The summed E-state index contributed by atoms with van der Waals surface area (Å²) in [5, 5.41) is 8.21.